The van der Waals surface area contributed by atoms with Gasteiger partial charge in [0.15, 0.2) is 0 Å². The minimum absolute atomic E-state index is 0.0829. The number of hydrogen-bond acceptors (Lipinski definition) is 4. The standard InChI is InChI=1S/C26H24F9NO4/c1-4-17-12-19(18-11-14(24(27,28)29)6-7-20(18)36(17)23(38)40-5-2)21(22(37)39-3)13-8-15(25(30,31)32)10-16(9-13)26(33,34)35/h6-11,17,19,21H,4-5,12H2,1-3H3/t17-,19-,21+/m0/s1. The van der Waals surface area contributed by atoms with Crippen LogP contribution in [0.2, 0.25) is 0 Å². The minimum atomic E-state index is -5.24. The van der Waals surface area contributed by atoms with Crippen LogP contribution in [0.5, 0.6) is 0 Å². The largest absolute Gasteiger partial charge is 0.469 e. The van der Waals surface area contributed by atoms with E-state index in [0.29, 0.717) is 24.3 Å². The molecule has 0 spiro atoms. The van der Waals surface area contributed by atoms with Crippen molar-refractivity contribution in [2.75, 3.05) is 18.6 Å². The Kier molecular flexibility index (Phi) is 8.70. The van der Waals surface area contributed by atoms with Crippen LogP contribution in [0.4, 0.5) is 50.0 Å². The first-order valence-electron chi connectivity index (χ1n) is 12.0. The van der Waals surface area contributed by atoms with Gasteiger partial charge in [0.1, 0.15) is 0 Å². The molecule has 0 unspecified atom stereocenters. The zero-order chi connectivity index (χ0) is 30.2. The van der Waals surface area contributed by atoms with E-state index in [1.807, 2.05) is 0 Å². The second-order valence-corrected chi connectivity index (χ2v) is 9.08. The van der Waals surface area contributed by atoms with Crippen molar-refractivity contribution in [2.45, 2.75) is 63.1 Å². The van der Waals surface area contributed by atoms with Crippen LogP contribution in [0.3, 0.4) is 0 Å². The van der Waals surface area contributed by atoms with Crippen LogP contribution >= 0.6 is 0 Å². The molecular weight excluding hydrogens is 561 g/mol. The quantitative estimate of drug-likeness (QED) is 0.264. The summed E-state index contributed by atoms with van der Waals surface area (Å²) < 4.78 is 132. The van der Waals surface area contributed by atoms with E-state index in [-0.39, 0.29) is 36.8 Å². The Morgan fingerprint density at radius 3 is 1.88 bits per heavy atom. The van der Waals surface area contributed by atoms with Crippen molar-refractivity contribution in [3.05, 3.63) is 64.2 Å². The van der Waals surface area contributed by atoms with E-state index in [0.717, 1.165) is 18.1 Å². The third-order valence-corrected chi connectivity index (χ3v) is 6.67. The predicted molar refractivity (Wildman–Crippen MR) is 124 cm³/mol. The maximum absolute atomic E-state index is 13.7. The molecule has 40 heavy (non-hydrogen) atoms. The maximum Gasteiger partial charge on any atom is 0.416 e. The lowest BCUT2D eigenvalue weighted by Crippen LogP contribution is -2.46. The van der Waals surface area contributed by atoms with Crippen molar-refractivity contribution < 1.29 is 58.6 Å². The molecule has 0 saturated heterocycles. The summed E-state index contributed by atoms with van der Waals surface area (Å²) in [5.41, 5.74) is -5.75. The predicted octanol–water partition coefficient (Wildman–Crippen LogP) is 7.93. The number of alkyl halides is 9. The summed E-state index contributed by atoms with van der Waals surface area (Å²) >= 11 is 0. The first kappa shape index (κ1) is 31.1. The molecular formula is C26H24F9NO4. The van der Waals surface area contributed by atoms with E-state index >= 15 is 0 Å². The van der Waals surface area contributed by atoms with E-state index in [1.54, 1.807) is 6.92 Å². The third kappa shape index (κ3) is 6.30. The number of halogens is 9. The van der Waals surface area contributed by atoms with Crippen LogP contribution in [-0.2, 0) is 32.8 Å². The van der Waals surface area contributed by atoms with Crippen LogP contribution in [0.15, 0.2) is 36.4 Å². The van der Waals surface area contributed by atoms with Crippen molar-refractivity contribution in [3.63, 3.8) is 0 Å². The highest BCUT2D eigenvalue weighted by Gasteiger charge is 2.46. The molecule has 0 saturated carbocycles. The summed E-state index contributed by atoms with van der Waals surface area (Å²) in [5.74, 6) is -4.54. The average Bonchev–Trinajstić information content (AvgIpc) is 2.86. The number of amides is 1. The van der Waals surface area contributed by atoms with Gasteiger partial charge >= 0.3 is 30.6 Å². The maximum atomic E-state index is 13.7. The van der Waals surface area contributed by atoms with Gasteiger partial charge in [-0.2, -0.15) is 39.5 Å². The SMILES string of the molecule is CCOC(=O)N1c2ccc(C(F)(F)F)cc2[C@@H]([C@H](C(=O)OC)c2cc(C(F)(F)F)cc(C(F)(F)F)c2)C[C@@H]1CC. The van der Waals surface area contributed by atoms with E-state index < -0.39 is 70.7 Å². The van der Waals surface area contributed by atoms with Gasteiger partial charge in [0.05, 0.1) is 42.0 Å². The number of esters is 1. The van der Waals surface area contributed by atoms with E-state index in [9.17, 15) is 49.1 Å². The van der Waals surface area contributed by atoms with Crippen LogP contribution in [-0.4, -0.2) is 31.8 Å². The van der Waals surface area contributed by atoms with Gasteiger partial charge in [-0.25, -0.2) is 4.79 Å². The highest BCUT2D eigenvalue weighted by Crippen LogP contribution is 2.50. The summed E-state index contributed by atoms with van der Waals surface area (Å²) in [5, 5.41) is 0. The lowest BCUT2D eigenvalue weighted by molar-refractivity contribution is -0.146. The number of hydrogen-bond donors (Lipinski definition) is 0. The molecule has 1 aliphatic heterocycles. The molecule has 5 nitrogen and oxygen atoms in total. The first-order valence-corrected chi connectivity index (χ1v) is 12.0. The van der Waals surface area contributed by atoms with Gasteiger partial charge in [0.2, 0.25) is 0 Å². The van der Waals surface area contributed by atoms with Gasteiger partial charge in [-0.3, -0.25) is 9.69 Å². The van der Waals surface area contributed by atoms with Gasteiger partial charge in [-0.05, 0) is 67.3 Å². The Labute approximate surface area is 222 Å². The fourth-order valence-corrected chi connectivity index (χ4v) is 4.89. The summed E-state index contributed by atoms with van der Waals surface area (Å²) in [6.45, 7) is 3.03. The van der Waals surface area contributed by atoms with Crippen LogP contribution < -0.4 is 4.90 Å². The van der Waals surface area contributed by atoms with Crippen molar-refractivity contribution in [3.8, 4) is 0 Å². The summed E-state index contributed by atoms with van der Waals surface area (Å²) in [4.78, 5) is 26.9. The Morgan fingerprint density at radius 2 is 1.43 bits per heavy atom. The average molecular weight is 585 g/mol. The molecule has 3 rings (SSSR count). The number of fused-ring (bicyclic) bond motifs is 1. The van der Waals surface area contributed by atoms with E-state index in [2.05, 4.69) is 0 Å². The van der Waals surface area contributed by atoms with E-state index in [4.69, 9.17) is 9.47 Å². The molecule has 14 heteroatoms. The summed E-state index contributed by atoms with van der Waals surface area (Å²) in [6, 6.07) is 2.03. The molecule has 0 bridgehead atoms. The van der Waals surface area contributed by atoms with E-state index in [1.165, 1.54) is 6.92 Å². The fraction of sp³-hybridized carbons (Fsp3) is 0.462. The molecule has 0 N–H and O–H groups in total. The molecule has 1 heterocycles. The fourth-order valence-electron chi connectivity index (χ4n) is 4.89. The monoisotopic (exact) mass is 585 g/mol. The molecule has 1 amide bonds. The Bertz CT molecular complexity index is 1220. The number of ether oxygens (including phenoxy) is 2. The number of carbonyl (C=O) groups is 2. The second-order valence-electron chi connectivity index (χ2n) is 9.08. The summed E-state index contributed by atoms with van der Waals surface area (Å²) in [7, 11) is 0.853. The van der Waals surface area contributed by atoms with Gasteiger partial charge in [0.25, 0.3) is 0 Å². The van der Waals surface area contributed by atoms with Crippen molar-refractivity contribution in [1.29, 1.82) is 0 Å². The topological polar surface area (TPSA) is 55.8 Å². The minimum Gasteiger partial charge on any atom is -0.469 e. The molecule has 1 aliphatic rings. The lowest BCUT2D eigenvalue weighted by Gasteiger charge is -2.42. The number of rotatable bonds is 5. The van der Waals surface area contributed by atoms with Gasteiger partial charge in [-0.15, -0.1) is 0 Å². The highest BCUT2D eigenvalue weighted by molar-refractivity contribution is 5.91. The van der Waals surface area contributed by atoms with Gasteiger partial charge in [-0.1, -0.05) is 6.92 Å². The molecule has 0 fully saturated rings. The van der Waals surface area contributed by atoms with Crippen LogP contribution in [0, 0.1) is 0 Å². The molecule has 0 aliphatic carbocycles. The Morgan fingerprint density at radius 1 is 0.875 bits per heavy atom. The number of nitrogens with zero attached hydrogens (tertiary/aromatic N) is 1. The second kappa shape index (κ2) is 11.2. The lowest BCUT2D eigenvalue weighted by atomic mass is 9.73. The molecule has 2 aromatic carbocycles. The third-order valence-electron chi connectivity index (χ3n) is 6.67. The zero-order valence-electron chi connectivity index (χ0n) is 21.3. The molecule has 220 valence electrons. The van der Waals surface area contributed by atoms with Crippen molar-refractivity contribution in [2.24, 2.45) is 0 Å². The molecule has 0 radical (unpaired) electrons. The Balaban J connectivity index is 2.36. The number of anilines is 1. The molecule has 0 aromatic heterocycles. The zero-order valence-corrected chi connectivity index (χ0v) is 21.3. The number of benzene rings is 2. The highest BCUT2D eigenvalue weighted by atomic mass is 19.4. The summed E-state index contributed by atoms with van der Waals surface area (Å²) in [6.07, 6.45) is -16.4. The molecule has 2 aromatic rings. The van der Waals surface area contributed by atoms with Crippen molar-refractivity contribution >= 4 is 17.7 Å². The number of carbonyl (C=O) groups excluding carboxylic acids is 2. The first-order chi connectivity index (χ1) is 18.4. The van der Waals surface area contributed by atoms with Gasteiger partial charge in [0, 0.05) is 12.0 Å². The van der Waals surface area contributed by atoms with Gasteiger partial charge < -0.3 is 9.47 Å². The smallest absolute Gasteiger partial charge is 0.416 e. The Hall–Kier alpha value is -3.45. The normalized spacial score (nSPS) is 18.6. The van der Waals surface area contributed by atoms with Crippen molar-refractivity contribution in [1.82, 2.24) is 0 Å². The van der Waals surface area contributed by atoms with Crippen LogP contribution in [0.1, 0.15) is 66.3 Å². The molecule has 3 atom stereocenters. The van der Waals surface area contributed by atoms with Crippen LogP contribution in [0.25, 0.3) is 0 Å². The number of methoxy groups -OCH3 is 1.